The van der Waals surface area contributed by atoms with Gasteiger partial charge in [0, 0.05) is 55.0 Å². The minimum absolute atomic E-state index is 0.298. The number of hydrogen-bond donors (Lipinski definition) is 3. The second kappa shape index (κ2) is 10.7. The number of sulfonamides is 1. The lowest BCUT2D eigenvalue weighted by Gasteiger charge is -2.34. The van der Waals surface area contributed by atoms with Gasteiger partial charge in [-0.3, -0.25) is 4.72 Å². The summed E-state index contributed by atoms with van der Waals surface area (Å²) in [5.41, 5.74) is 3.86. The average molecular weight is 544 g/mol. The molecule has 0 spiro atoms. The van der Waals surface area contributed by atoms with Gasteiger partial charge in [-0.25, -0.2) is 13.4 Å². The highest BCUT2D eigenvalue weighted by atomic mass is 35.5. The van der Waals surface area contributed by atoms with Crippen molar-refractivity contribution in [3.63, 3.8) is 0 Å². The Bertz CT molecular complexity index is 1350. The molecule has 9 nitrogen and oxygen atoms in total. The van der Waals surface area contributed by atoms with E-state index in [0.717, 1.165) is 37.4 Å². The number of halogens is 1. The van der Waals surface area contributed by atoms with Gasteiger partial charge in [-0.15, -0.1) is 0 Å². The normalized spacial score (nSPS) is 14.9. The molecule has 0 aliphatic carbocycles. The van der Waals surface area contributed by atoms with Crippen LogP contribution < -0.4 is 20.3 Å². The lowest BCUT2D eigenvalue weighted by Crippen LogP contribution is -2.44. The van der Waals surface area contributed by atoms with Crippen LogP contribution in [0.15, 0.2) is 48.7 Å². The Morgan fingerprint density at radius 1 is 0.946 bits per heavy atom. The number of anilines is 6. The fourth-order valence-corrected chi connectivity index (χ4v) is 4.68. The molecule has 0 saturated carbocycles. The average Bonchev–Trinajstić information content (AvgIpc) is 2.83. The lowest BCUT2D eigenvalue weighted by molar-refractivity contribution is 0.313. The van der Waals surface area contributed by atoms with Crippen LogP contribution in [-0.2, 0) is 10.0 Å². The molecule has 198 valence electrons. The molecule has 1 aliphatic heterocycles. The Kier molecular flexibility index (Phi) is 7.82. The maximum absolute atomic E-state index is 12.6. The molecule has 0 amide bonds. The Morgan fingerprint density at radius 3 is 2.24 bits per heavy atom. The zero-order chi connectivity index (χ0) is 26.8. The van der Waals surface area contributed by atoms with Crippen molar-refractivity contribution >= 4 is 56.1 Å². The van der Waals surface area contributed by atoms with E-state index >= 15 is 0 Å². The second-order valence-electron chi connectivity index (χ2n) is 10.2. The number of aromatic nitrogens is 2. The van der Waals surface area contributed by atoms with E-state index in [0.29, 0.717) is 28.2 Å². The van der Waals surface area contributed by atoms with Crippen molar-refractivity contribution < 1.29 is 8.42 Å². The third-order valence-electron chi connectivity index (χ3n) is 6.24. The quantitative estimate of drug-likeness (QED) is 0.373. The van der Waals surface area contributed by atoms with Crippen LogP contribution in [0.2, 0.25) is 5.02 Å². The fraction of sp³-hybridized carbons (Fsp3) is 0.385. The van der Waals surface area contributed by atoms with Crippen molar-refractivity contribution in [3.8, 4) is 0 Å². The molecule has 0 bridgehead atoms. The minimum Gasteiger partial charge on any atom is -0.369 e. The first kappa shape index (κ1) is 27.0. The van der Waals surface area contributed by atoms with Crippen molar-refractivity contribution in [3.05, 3.63) is 59.2 Å². The maximum atomic E-state index is 12.6. The molecule has 11 heteroatoms. The Balaban J connectivity index is 1.48. The first-order chi connectivity index (χ1) is 17.4. The molecule has 1 fully saturated rings. The summed E-state index contributed by atoms with van der Waals surface area (Å²) in [7, 11) is -1.48. The van der Waals surface area contributed by atoms with Crippen LogP contribution in [0.5, 0.6) is 0 Å². The zero-order valence-electron chi connectivity index (χ0n) is 21.8. The lowest BCUT2D eigenvalue weighted by atomic mass is 10.2. The van der Waals surface area contributed by atoms with Gasteiger partial charge in [-0.2, -0.15) is 4.98 Å². The summed E-state index contributed by atoms with van der Waals surface area (Å²) < 4.78 is 26.8. The highest BCUT2D eigenvalue weighted by molar-refractivity contribution is 7.94. The third-order valence-corrected chi connectivity index (χ3v) is 8.67. The van der Waals surface area contributed by atoms with Crippen molar-refractivity contribution in [2.75, 3.05) is 53.5 Å². The van der Waals surface area contributed by atoms with E-state index in [1.54, 1.807) is 45.2 Å². The highest BCUT2D eigenvalue weighted by Gasteiger charge is 2.29. The van der Waals surface area contributed by atoms with E-state index in [4.69, 9.17) is 11.6 Å². The third kappa shape index (κ3) is 6.63. The van der Waals surface area contributed by atoms with Gasteiger partial charge >= 0.3 is 0 Å². The van der Waals surface area contributed by atoms with Crippen molar-refractivity contribution in [1.29, 1.82) is 0 Å². The number of likely N-dealkylation sites (N-methyl/N-ethyl adjacent to an activating group) is 1. The Labute approximate surface area is 224 Å². The number of benzene rings is 2. The fourth-order valence-electron chi connectivity index (χ4n) is 3.69. The van der Waals surface area contributed by atoms with Crippen LogP contribution >= 0.6 is 11.6 Å². The molecule has 37 heavy (non-hydrogen) atoms. The van der Waals surface area contributed by atoms with Crippen molar-refractivity contribution in [2.45, 2.75) is 32.4 Å². The molecule has 1 aliphatic rings. The molecule has 1 aromatic heterocycles. The van der Waals surface area contributed by atoms with Gasteiger partial charge in [0.05, 0.1) is 15.5 Å². The van der Waals surface area contributed by atoms with E-state index in [2.05, 4.69) is 54.3 Å². The molecule has 2 heterocycles. The summed E-state index contributed by atoms with van der Waals surface area (Å²) in [4.78, 5) is 13.8. The SMILES string of the molecule is Cc1cnc(Nc2ccc(N3CCN(C)CC3)cc2)nc1Nc1ccc(Cl)c(NS(=O)(=O)C(C)(C)C)c1. The van der Waals surface area contributed by atoms with Crippen molar-refractivity contribution in [2.24, 2.45) is 0 Å². The summed E-state index contributed by atoms with van der Waals surface area (Å²) in [5, 5.41) is 6.82. The molecule has 2 aromatic carbocycles. The predicted molar refractivity (Wildman–Crippen MR) is 153 cm³/mol. The Morgan fingerprint density at radius 2 is 1.59 bits per heavy atom. The van der Waals surface area contributed by atoms with Gasteiger partial charge in [0.1, 0.15) is 5.82 Å². The van der Waals surface area contributed by atoms with Crippen LogP contribution in [0.25, 0.3) is 0 Å². The van der Waals surface area contributed by atoms with Crippen LogP contribution in [-0.4, -0.2) is 61.3 Å². The van der Waals surface area contributed by atoms with E-state index in [9.17, 15) is 8.42 Å². The van der Waals surface area contributed by atoms with Crippen LogP contribution in [0.4, 0.5) is 34.5 Å². The first-order valence-electron chi connectivity index (χ1n) is 12.1. The molecule has 3 aromatic rings. The summed E-state index contributed by atoms with van der Waals surface area (Å²) in [6, 6.07) is 13.3. The molecule has 0 atom stereocenters. The maximum Gasteiger partial charge on any atom is 0.237 e. The highest BCUT2D eigenvalue weighted by Crippen LogP contribution is 2.31. The van der Waals surface area contributed by atoms with Gasteiger partial charge in [0.2, 0.25) is 16.0 Å². The first-order valence-corrected chi connectivity index (χ1v) is 14.0. The van der Waals surface area contributed by atoms with E-state index in [-0.39, 0.29) is 0 Å². The Hall–Kier alpha value is -3.08. The topological polar surface area (TPSA) is 102 Å². The summed E-state index contributed by atoms with van der Waals surface area (Å²) in [6.07, 6.45) is 1.73. The van der Waals surface area contributed by atoms with Crippen LogP contribution in [0.3, 0.4) is 0 Å². The summed E-state index contributed by atoms with van der Waals surface area (Å²) in [5.74, 6) is 1.04. The minimum atomic E-state index is -3.63. The number of rotatable bonds is 7. The molecule has 3 N–H and O–H groups in total. The predicted octanol–water partition coefficient (Wildman–Crippen LogP) is 5.22. The zero-order valence-corrected chi connectivity index (χ0v) is 23.4. The van der Waals surface area contributed by atoms with E-state index in [1.165, 1.54) is 5.69 Å². The van der Waals surface area contributed by atoms with Gasteiger partial charge in [-0.1, -0.05) is 11.6 Å². The number of nitrogens with zero attached hydrogens (tertiary/aromatic N) is 4. The number of piperazine rings is 1. The van der Waals surface area contributed by atoms with Gasteiger partial charge in [0.25, 0.3) is 0 Å². The van der Waals surface area contributed by atoms with Gasteiger partial charge in [0.15, 0.2) is 0 Å². The number of hydrogen-bond acceptors (Lipinski definition) is 8. The van der Waals surface area contributed by atoms with Crippen LogP contribution in [0, 0.1) is 6.92 Å². The monoisotopic (exact) mass is 543 g/mol. The largest absolute Gasteiger partial charge is 0.369 e. The van der Waals surface area contributed by atoms with Crippen molar-refractivity contribution in [1.82, 2.24) is 14.9 Å². The summed E-state index contributed by atoms with van der Waals surface area (Å²) >= 11 is 6.27. The van der Waals surface area contributed by atoms with Gasteiger partial charge < -0.3 is 20.4 Å². The van der Waals surface area contributed by atoms with E-state index < -0.39 is 14.8 Å². The standard InChI is InChI=1S/C26H34ClN7O2S/c1-18-17-28-25(30-19-6-9-21(10-7-19)34-14-12-33(5)13-15-34)31-24(18)29-20-8-11-22(27)23(16-20)32-37(35,36)26(2,3)4/h6-11,16-17,32H,12-15H2,1-5H3,(H2,28,29,30,31). The molecule has 4 rings (SSSR count). The smallest absolute Gasteiger partial charge is 0.237 e. The molecular weight excluding hydrogens is 510 g/mol. The van der Waals surface area contributed by atoms with E-state index in [1.807, 2.05) is 19.1 Å². The second-order valence-corrected chi connectivity index (χ2v) is 13.1. The molecule has 1 saturated heterocycles. The number of nitrogens with one attached hydrogen (secondary N) is 3. The molecular formula is C26H34ClN7O2S. The molecule has 0 unspecified atom stereocenters. The van der Waals surface area contributed by atoms with Crippen LogP contribution in [0.1, 0.15) is 26.3 Å². The summed E-state index contributed by atoms with van der Waals surface area (Å²) in [6.45, 7) is 10.9. The number of aryl methyl sites for hydroxylation is 1. The molecule has 0 radical (unpaired) electrons. The van der Waals surface area contributed by atoms with Gasteiger partial charge in [-0.05, 0) is 77.2 Å².